The number of imidazole rings is 1. The van der Waals surface area contributed by atoms with E-state index < -0.39 is 5.60 Å². The maximum Gasteiger partial charge on any atom is 0.410 e. The fraction of sp³-hybridized carbons (Fsp3) is 0.414. The molecule has 1 atom stereocenters. The molecule has 1 unspecified atom stereocenters. The Labute approximate surface area is 232 Å². The maximum atomic E-state index is 12.7. The van der Waals surface area contributed by atoms with Crippen LogP contribution in [0.4, 0.5) is 10.6 Å². The fourth-order valence-electron chi connectivity index (χ4n) is 4.91. The largest absolute Gasteiger partial charge is 0.444 e. The van der Waals surface area contributed by atoms with E-state index in [0.29, 0.717) is 31.0 Å². The Balaban J connectivity index is 1.17. The van der Waals surface area contributed by atoms with Gasteiger partial charge in [0, 0.05) is 50.3 Å². The molecule has 1 aliphatic heterocycles. The van der Waals surface area contributed by atoms with Crippen molar-refractivity contribution < 1.29 is 14.3 Å². The number of fused-ring (bicyclic) bond motifs is 2. The van der Waals surface area contributed by atoms with Gasteiger partial charge in [0.15, 0.2) is 0 Å². The number of hydrogen-bond acceptors (Lipinski definition) is 7. The lowest BCUT2D eigenvalue weighted by atomic mass is 10.0. The Morgan fingerprint density at radius 1 is 1.07 bits per heavy atom. The molecule has 0 spiro atoms. The third kappa shape index (κ3) is 6.66. The number of ether oxygens (including phenoxy) is 1. The van der Waals surface area contributed by atoms with E-state index in [1.54, 1.807) is 24.4 Å². The van der Waals surface area contributed by atoms with Crippen LogP contribution >= 0.6 is 0 Å². The van der Waals surface area contributed by atoms with E-state index in [4.69, 9.17) is 4.74 Å². The SMILES string of the molecule is CC(C)(C)OC(=O)N1CCCCC1CNCc1ccc2nc(CC(=O)Nc3cc(=O)n4ccccc4n3)cn2c1. The summed E-state index contributed by atoms with van der Waals surface area (Å²) in [6.07, 6.45) is 8.27. The van der Waals surface area contributed by atoms with Crippen molar-refractivity contribution in [1.82, 2.24) is 29.0 Å². The van der Waals surface area contributed by atoms with E-state index in [0.717, 1.165) is 30.5 Å². The molecule has 4 aromatic heterocycles. The number of hydrogen-bond donors (Lipinski definition) is 2. The van der Waals surface area contributed by atoms with Crippen molar-refractivity contribution in [1.29, 1.82) is 0 Å². The van der Waals surface area contributed by atoms with Crippen molar-refractivity contribution in [2.24, 2.45) is 0 Å². The third-order valence-electron chi connectivity index (χ3n) is 6.71. The zero-order valence-corrected chi connectivity index (χ0v) is 23.1. The van der Waals surface area contributed by atoms with Crippen LogP contribution in [-0.4, -0.2) is 60.4 Å². The molecule has 11 nitrogen and oxygen atoms in total. The zero-order chi connectivity index (χ0) is 28.3. The molecule has 0 saturated carbocycles. The van der Waals surface area contributed by atoms with E-state index in [2.05, 4.69) is 20.6 Å². The molecular formula is C29H35N7O4. The van der Waals surface area contributed by atoms with Gasteiger partial charge >= 0.3 is 6.09 Å². The first kappa shape index (κ1) is 27.3. The lowest BCUT2D eigenvalue weighted by molar-refractivity contribution is -0.115. The van der Waals surface area contributed by atoms with Gasteiger partial charge in [0.2, 0.25) is 5.91 Å². The Morgan fingerprint density at radius 2 is 1.93 bits per heavy atom. The first-order valence-corrected chi connectivity index (χ1v) is 13.6. The van der Waals surface area contributed by atoms with Crippen LogP contribution in [0.3, 0.4) is 0 Å². The number of piperidine rings is 1. The Kier molecular flexibility index (Phi) is 7.83. The molecule has 0 bridgehead atoms. The molecule has 4 aromatic rings. The van der Waals surface area contributed by atoms with Crippen LogP contribution in [-0.2, 0) is 22.5 Å². The number of nitrogens with one attached hydrogen (secondary N) is 2. The predicted octanol–water partition coefficient (Wildman–Crippen LogP) is 3.40. The lowest BCUT2D eigenvalue weighted by Gasteiger charge is -2.37. The average molecular weight is 546 g/mol. The quantitative estimate of drug-likeness (QED) is 0.365. The second-order valence-electron chi connectivity index (χ2n) is 11.1. The average Bonchev–Trinajstić information content (AvgIpc) is 3.29. The Bertz CT molecular complexity index is 1590. The van der Waals surface area contributed by atoms with Crippen molar-refractivity contribution in [3.05, 3.63) is 76.6 Å². The molecule has 5 rings (SSSR count). The van der Waals surface area contributed by atoms with Crippen LogP contribution in [0.25, 0.3) is 11.3 Å². The molecule has 0 radical (unpaired) electrons. The van der Waals surface area contributed by atoms with Gasteiger partial charge in [-0.3, -0.25) is 14.0 Å². The van der Waals surface area contributed by atoms with Gasteiger partial charge in [-0.1, -0.05) is 12.1 Å². The van der Waals surface area contributed by atoms with Crippen LogP contribution in [0.2, 0.25) is 0 Å². The highest BCUT2D eigenvalue weighted by Gasteiger charge is 2.30. The smallest absolute Gasteiger partial charge is 0.410 e. The van der Waals surface area contributed by atoms with Crippen molar-refractivity contribution in [3.63, 3.8) is 0 Å². The minimum Gasteiger partial charge on any atom is -0.444 e. The van der Waals surface area contributed by atoms with E-state index in [1.807, 2.05) is 54.6 Å². The number of aromatic nitrogens is 4. The number of pyridine rings is 2. The molecule has 5 heterocycles. The molecule has 1 fully saturated rings. The molecule has 1 aliphatic rings. The first-order chi connectivity index (χ1) is 19.1. The summed E-state index contributed by atoms with van der Waals surface area (Å²) in [5, 5.41) is 6.19. The van der Waals surface area contributed by atoms with Crippen LogP contribution in [0, 0.1) is 0 Å². The monoisotopic (exact) mass is 545 g/mol. The normalized spacial score (nSPS) is 15.9. The number of rotatable bonds is 7. The van der Waals surface area contributed by atoms with Crippen molar-refractivity contribution in [3.8, 4) is 0 Å². The van der Waals surface area contributed by atoms with Crippen LogP contribution in [0.5, 0.6) is 0 Å². The number of carbonyl (C=O) groups excluding carboxylic acids is 2. The summed E-state index contributed by atoms with van der Waals surface area (Å²) >= 11 is 0. The second-order valence-corrected chi connectivity index (χ2v) is 11.1. The third-order valence-corrected chi connectivity index (χ3v) is 6.71. The molecule has 11 heteroatoms. The Morgan fingerprint density at radius 3 is 2.75 bits per heavy atom. The number of nitrogens with zero attached hydrogens (tertiary/aromatic N) is 5. The molecule has 210 valence electrons. The summed E-state index contributed by atoms with van der Waals surface area (Å²) in [5.74, 6) is -0.0963. The Hall–Kier alpha value is -4.25. The van der Waals surface area contributed by atoms with Gasteiger partial charge in [-0.05, 0) is 63.8 Å². The summed E-state index contributed by atoms with van der Waals surface area (Å²) in [5.41, 5.74) is 2.07. The van der Waals surface area contributed by atoms with Gasteiger partial charge in [0.25, 0.3) is 5.56 Å². The van der Waals surface area contributed by atoms with Crippen molar-refractivity contribution in [2.45, 2.75) is 64.6 Å². The summed E-state index contributed by atoms with van der Waals surface area (Å²) in [6, 6.07) is 10.5. The number of amides is 2. The van der Waals surface area contributed by atoms with Gasteiger partial charge in [0.05, 0.1) is 12.1 Å². The molecule has 0 aromatic carbocycles. The van der Waals surface area contributed by atoms with Crippen LogP contribution in [0.1, 0.15) is 51.3 Å². The van der Waals surface area contributed by atoms with Crippen molar-refractivity contribution >= 4 is 29.1 Å². The summed E-state index contributed by atoms with van der Waals surface area (Å²) in [6.45, 7) is 7.68. The van der Waals surface area contributed by atoms with E-state index in [1.165, 1.54) is 10.5 Å². The van der Waals surface area contributed by atoms with Crippen molar-refractivity contribution in [2.75, 3.05) is 18.4 Å². The van der Waals surface area contributed by atoms with E-state index >= 15 is 0 Å². The van der Waals surface area contributed by atoms with Gasteiger partial charge in [-0.25, -0.2) is 14.8 Å². The van der Waals surface area contributed by atoms with E-state index in [9.17, 15) is 14.4 Å². The minimum atomic E-state index is -0.515. The van der Waals surface area contributed by atoms with Gasteiger partial charge in [-0.15, -0.1) is 0 Å². The van der Waals surface area contributed by atoms with Crippen LogP contribution < -0.4 is 16.2 Å². The first-order valence-electron chi connectivity index (χ1n) is 13.6. The minimum absolute atomic E-state index is 0.0489. The lowest BCUT2D eigenvalue weighted by Crippen LogP contribution is -2.50. The van der Waals surface area contributed by atoms with E-state index in [-0.39, 0.29) is 35.8 Å². The van der Waals surface area contributed by atoms with Gasteiger partial charge in [0.1, 0.15) is 22.7 Å². The van der Waals surface area contributed by atoms with Gasteiger partial charge in [-0.2, -0.15) is 0 Å². The number of carbonyl (C=O) groups is 2. The summed E-state index contributed by atoms with van der Waals surface area (Å²) in [7, 11) is 0. The molecule has 2 amide bonds. The number of likely N-dealkylation sites (tertiary alicyclic amines) is 1. The molecule has 40 heavy (non-hydrogen) atoms. The maximum absolute atomic E-state index is 12.7. The number of anilines is 1. The standard InChI is InChI=1S/C29H35N7O4/c1-29(2,3)40-28(39)35-12-6-4-8-22(35)17-30-16-20-10-11-24-31-21(19-34(24)18-20)14-26(37)33-23-15-27(38)36-13-7-5-9-25(36)32-23/h5,7,9-11,13,15,18-19,22,30H,4,6,8,12,14,16-17H2,1-3H3,(H,33,37). The van der Waals surface area contributed by atoms with Crippen LogP contribution in [0.15, 0.2) is 59.8 Å². The molecule has 1 saturated heterocycles. The highest BCUT2D eigenvalue weighted by molar-refractivity contribution is 5.91. The topological polar surface area (TPSA) is 122 Å². The fourth-order valence-corrected chi connectivity index (χ4v) is 4.91. The zero-order valence-electron chi connectivity index (χ0n) is 23.1. The molecule has 0 aliphatic carbocycles. The molecule has 2 N–H and O–H groups in total. The predicted molar refractivity (Wildman–Crippen MR) is 151 cm³/mol. The highest BCUT2D eigenvalue weighted by atomic mass is 16.6. The van der Waals surface area contributed by atoms with Gasteiger partial charge < -0.3 is 24.7 Å². The highest BCUT2D eigenvalue weighted by Crippen LogP contribution is 2.20. The summed E-state index contributed by atoms with van der Waals surface area (Å²) in [4.78, 5) is 48.3. The second kappa shape index (κ2) is 11.5. The molecular weight excluding hydrogens is 510 g/mol. The summed E-state index contributed by atoms with van der Waals surface area (Å²) < 4.78 is 8.92.